The Morgan fingerprint density at radius 1 is 0.759 bits per heavy atom. The maximum atomic E-state index is 13.6. The van der Waals surface area contributed by atoms with E-state index in [9.17, 15) is 4.57 Å². The zero-order chi connectivity index (χ0) is 20.1. The van der Waals surface area contributed by atoms with Crippen LogP contribution in [-0.4, -0.2) is 7.11 Å². The Hall–Kier alpha value is -3.17. The standard InChI is InChI=1S/C23H21O5P/c1-25-21-15-16-22-18(17-21)9-8-14-23(22)28-29(24,26-19-10-4-2-5-11-19)27-20-12-6-3-7-13-20/h2-7,10-17H,8-9H2,1H3. The van der Waals surface area contributed by atoms with Gasteiger partial charge < -0.3 is 18.3 Å². The Balaban J connectivity index is 1.65. The molecule has 0 unspecified atom stereocenters. The third-order valence-electron chi connectivity index (χ3n) is 4.45. The first-order chi connectivity index (χ1) is 14.1. The minimum atomic E-state index is -4.01. The van der Waals surface area contributed by atoms with Gasteiger partial charge in [0, 0.05) is 5.56 Å². The van der Waals surface area contributed by atoms with Crippen LogP contribution >= 0.6 is 7.82 Å². The van der Waals surface area contributed by atoms with Crippen LogP contribution in [0.3, 0.4) is 0 Å². The largest absolute Gasteiger partial charge is 0.647 e. The first-order valence-corrected chi connectivity index (χ1v) is 10.8. The van der Waals surface area contributed by atoms with E-state index in [0.29, 0.717) is 17.3 Å². The van der Waals surface area contributed by atoms with Gasteiger partial charge in [0.25, 0.3) is 0 Å². The number of rotatable bonds is 7. The number of aryl methyl sites for hydroxylation is 1. The summed E-state index contributed by atoms with van der Waals surface area (Å²) in [4.78, 5) is 0. The predicted molar refractivity (Wildman–Crippen MR) is 112 cm³/mol. The molecule has 3 aromatic rings. The number of ether oxygens (including phenoxy) is 1. The van der Waals surface area contributed by atoms with Crippen molar-refractivity contribution in [3.8, 4) is 17.2 Å². The molecule has 3 aromatic carbocycles. The monoisotopic (exact) mass is 408 g/mol. The number of methoxy groups -OCH3 is 1. The number of benzene rings is 3. The first-order valence-electron chi connectivity index (χ1n) is 9.31. The lowest BCUT2D eigenvalue weighted by Crippen LogP contribution is -2.08. The fraction of sp³-hybridized carbons (Fsp3) is 0.130. The molecule has 0 N–H and O–H groups in total. The average Bonchev–Trinajstić information content (AvgIpc) is 2.74. The summed E-state index contributed by atoms with van der Waals surface area (Å²) in [5, 5.41) is 0. The Morgan fingerprint density at radius 2 is 1.38 bits per heavy atom. The molecule has 1 aliphatic rings. The van der Waals surface area contributed by atoms with Gasteiger partial charge in [-0.25, -0.2) is 0 Å². The van der Waals surface area contributed by atoms with E-state index in [1.165, 1.54) is 0 Å². The third-order valence-corrected chi connectivity index (χ3v) is 5.74. The van der Waals surface area contributed by atoms with Gasteiger partial charge in [-0.3, -0.25) is 0 Å². The second-order valence-electron chi connectivity index (χ2n) is 6.48. The van der Waals surface area contributed by atoms with Crippen LogP contribution in [0, 0.1) is 0 Å². The summed E-state index contributed by atoms with van der Waals surface area (Å²) in [5.74, 6) is 2.05. The summed E-state index contributed by atoms with van der Waals surface area (Å²) in [7, 11) is -2.37. The first kappa shape index (κ1) is 19.2. The van der Waals surface area contributed by atoms with Crippen LogP contribution in [0.2, 0.25) is 0 Å². The zero-order valence-corrected chi connectivity index (χ0v) is 16.9. The van der Waals surface area contributed by atoms with Crippen molar-refractivity contribution in [3.63, 3.8) is 0 Å². The van der Waals surface area contributed by atoms with Crippen molar-refractivity contribution in [3.05, 3.63) is 96.1 Å². The van der Waals surface area contributed by atoms with E-state index >= 15 is 0 Å². The van der Waals surface area contributed by atoms with Gasteiger partial charge in [-0.1, -0.05) is 36.4 Å². The second kappa shape index (κ2) is 8.46. The molecule has 5 nitrogen and oxygen atoms in total. The number of phosphoric ester groups is 1. The van der Waals surface area contributed by atoms with E-state index in [-0.39, 0.29) is 0 Å². The molecule has 0 spiro atoms. The van der Waals surface area contributed by atoms with Crippen molar-refractivity contribution in [2.24, 2.45) is 0 Å². The van der Waals surface area contributed by atoms with Crippen LogP contribution in [0.15, 0.2) is 84.9 Å². The number of phosphoric acid groups is 1. The molecule has 148 valence electrons. The van der Waals surface area contributed by atoms with Gasteiger partial charge in [0.1, 0.15) is 23.0 Å². The molecule has 0 saturated heterocycles. The van der Waals surface area contributed by atoms with Gasteiger partial charge in [-0.05, 0) is 66.9 Å². The van der Waals surface area contributed by atoms with Crippen LogP contribution in [0.5, 0.6) is 17.2 Å². The molecule has 0 atom stereocenters. The van der Waals surface area contributed by atoms with Crippen molar-refractivity contribution in [2.45, 2.75) is 12.8 Å². The lowest BCUT2D eigenvalue weighted by atomic mass is 9.96. The highest BCUT2D eigenvalue weighted by Crippen LogP contribution is 2.53. The lowest BCUT2D eigenvalue weighted by molar-refractivity contribution is 0.283. The molecule has 0 saturated carbocycles. The van der Waals surface area contributed by atoms with Crippen molar-refractivity contribution in [2.75, 3.05) is 7.11 Å². The van der Waals surface area contributed by atoms with Crippen molar-refractivity contribution >= 4 is 13.6 Å². The van der Waals surface area contributed by atoms with E-state index < -0.39 is 7.82 Å². The second-order valence-corrected chi connectivity index (χ2v) is 7.92. The number of hydrogen-bond acceptors (Lipinski definition) is 5. The van der Waals surface area contributed by atoms with E-state index in [2.05, 4.69) is 0 Å². The molecule has 0 aromatic heterocycles. The minimum Gasteiger partial charge on any atom is -0.497 e. The topological polar surface area (TPSA) is 54.0 Å². The van der Waals surface area contributed by atoms with Crippen molar-refractivity contribution in [1.82, 2.24) is 0 Å². The minimum absolute atomic E-state index is 0.401. The Morgan fingerprint density at radius 3 is 1.97 bits per heavy atom. The van der Waals surface area contributed by atoms with E-state index in [1.54, 1.807) is 55.6 Å². The van der Waals surface area contributed by atoms with Gasteiger partial charge in [-0.2, -0.15) is 4.57 Å². The highest BCUT2D eigenvalue weighted by atomic mass is 31.2. The summed E-state index contributed by atoms with van der Waals surface area (Å²) in [6.45, 7) is 0. The molecule has 6 heteroatoms. The quantitative estimate of drug-likeness (QED) is 0.432. The Labute approximate surface area is 170 Å². The highest BCUT2D eigenvalue weighted by molar-refractivity contribution is 7.49. The third kappa shape index (κ3) is 4.64. The van der Waals surface area contributed by atoms with Gasteiger partial charge in [-0.15, -0.1) is 0 Å². The molecule has 4 rings (SSSR count). The highest BCUT2D eigenvalue weighted by Gasteiger charge is 2.35. The number of allylic oxidation sites excluding steroid dienone is 1. The van der Waals surface area contributed by atoms with Crippen LogP contribution in [0.4, 0.5) is 0 Å². The SMILES string of the molecule is COc1ccc2c(c1)CCC=C2OP(=O)(Oc1ccccc1)Oc1ccccc1. The normalized spacial score (nSPS) is 13.1. The zero-order valence-electron chi connectivity index (χ0n) is 16.0. The van der Waals surface area contributed by atoms with Gasteiger partial charge in [0.05, 0.1) is 7.11 Å². The number of para-hydroxylation sites is 2. The molecule has 1 aliphatic carbocycles. The van der Waals surface area contributed by atoms with E-state index in [1.807, 2.05) is 36.4 Å². The summed E-state index contributed by atoms with van der Waals surface area (Å²) in [6, 6.07) is 23.4. The molecule has 29 heavy (non-hydrogen) atoms. The molecule has 0 fully saturated rings. The summed E-state index contributed by atoms with van der Waals surface area (Å²) >= 11 is 0. The van der Waals surface area contributed by atoms with Crippen molar-refractivity contribution < 1.29 is 22.9 Å². The number of hydrogen-bond donors (Lipinski definition) is 0. The summed E-state index contributed by atoms with van der Waals surface area (Å²) in [6.07, 6.45) is 3.51. The van der Waals surface area contributed by atoms with E-state index in [4.69, 9.17) is 18.3 Å². The molecule has 0 radical (unpaired) electrons. The predicted octanol–water partition coefficient (Wildman–Crippen LogP) is 6.27. The maximum Gasteiger partial charge on any atom is 0.647 e. The molecule has 0 heterocycles. The van der Waals surface area contributed by atoms with Crippen LogP contribution in [-0.2, 0) is 15.5 Å². The maximum absolute atomic E-state index is 13.6. The summed E-state index contributed by atoms with van der Waals surface area (Å²) < 4.78 is 36.3. The van der Waals surface area contributed by atoms with Crippen LogP contribution in [0.1, 0.15) is 17.5 Å². The lowest BCUT2D eigenvalue weighted by Gasteiger charge is -2.24. The molecule has 0 aliphatic heterocycles. The van der Waals surface area contributed by atoms with E-state index in [0.717, 1.165) is 29.7 Å². The summed E-state index contributed by atoms with van der Waals surface area (Å²) in [5.41, 5.74) is 1.92. The molecule has 0 amide bonds. The van der Waals surface area contributed by atoms with Crippen LogP contribution in [0.25, 0.3) is 5.76 Å². The number of fused-ring (bicyclic) bond motifs is 1. The van der Waals surface area contributed by atoms with Crippen LogP contribution < -0.4 is 13.8 Å². The smallest absolute Gasteiger partial charge is 0.497 e. The van der Waals surface area contributed by atoms with Gasteiger partial charge >= 0.3 is 7.82 Å². The van der Waals surface area contributed by atoms with Gasteiger partial charge in [0.15, 0.2) is 0 Å². The Kier molecular flexibility index (Phi) is 5.59. The van der Waals surface area contributed by atoms with Gasteiger partial charge in [0.2, 0.25) is 0 Å². The molecular formula is C23H21O5P. The fourth-order valence-corrected chi connectivity index (χ4v) is 4.38. The van der Waals surface area contributed by atoms with Crippen molar-refractivity contribution in [1.29, 1.82) is 0 Å². The molecule has 0 bridgehead atoms. The Bertz CT molecular complexity index is 1000. The fourth-order valence-electron chi connectivity index (χ4n) is 3.10. The average molecular weight is 408 g/mol. The molecular weight excluding hydrogens is 387 g/mol.